The lowest BCUT2D eigenvalue weighted by molar-refractivity contribution is 0.171. The minimum absolute atomic E-state index is 0.153. The summed E-state index contributed by atoms with van der Waals surface area (Å²) >= 11 is 2.73. The number of thiophene rings is 1. The van der Waals surface area contributed by atoms with Crippen molar-refractivity contribution >= 4 is 43.4 Å². The van der Waals surface area contributed by atoms with E-state index < -0.39 is 0 Å². The summed E-state index contributed by atoms with van der Waals surface area (Å²) in [6.45, 7) is 0.970. The first-order valence-corrected chi connectivity index (χ1v) is 10.4. The number of fused-ring (bicyclic) bond motifs is 4. The number of thioether (sulfide) groups is 1. The molecule has 138 valence electrons. The van der Waals surface area contributed by atoms with E-state index in [1.54, 1.807) is 16.7 Å². The van der Waals surface area contributed by atoms with Crippen LogP contribution in [-0.2, 0) is 0 Å². The van der Waals surface area contributed by atoms with Crippen LogP contribution in [0.5, 0.6) is 11.5 Å². The maximum atomic E-state index is 13.5. The molecule has 2 aromatic carbocycles. The highest BCUT2D eigenvalue weighted by atomic mass is 32.2. The first kappa shape index (κ1) is 17.1. The number of nitriles is 1. The third kappa shape index (κ3) is 2.71. The number of benzene rings is 2. The molecule has 8 heteroatoms. The van der Waals surface area contributed by atoms with Gasteiger partial charge in [-0.05, 0) is 18.2 Å². The van der Waals surface area contributed by atoms with Crippen molar-refractivity contribution in [3.63, 3.8) is 0 Å². The Morgan fingerprint density at radius 1 is 1.18 bits per heavy atom. The van der Waals surface area contributed by atoms with Crippen molar-refractivity contribution in [3.05, 3.63) is 52.8 Å². The second kappa shape index (κ2) is 6.86. The standard InChI is InChI=1S/C20H13N3O3S2/c21-7-10-27-20-22-18-17(13-3-1-2-4-16(13)28-18)19(24)23(20)12-5-6-14-15(11-12)26-9-8-25-14/h1-6,11H,8-10H2. The zero-order chi connectivity index (χ0) is 19.1. The Morgan fingerprint density at radius 3 is 2.86 bits per heavy atom. The fourth-order valence-electron chi connectivity index (χ4n) is 3.25. The minimum atomic E-state index is -0.153. The van der Waals surface area contributed by atoms with Gasteiger partial charge in [0, 0.05) is 16.2 Å². The Morgan fingerprint density at radius 2 is 2.00 bits per heavy atom. The summed E-state index contributed by atoms with van der Waals surface area (Å²) in [6, 6.07) is 15.3. The zero-order valence-electron chi connectivity index (χ0n) is 14.5. The first-order chi connectivity index (χ1) is 13.8. The number of hydrogen-bond acceptors (Lipinski definition) is 7. The molecule has 28 heavy (non-hydrogen) atoms. The lowest BCUT2D eigenvalue weighted by Gasteiger charge is -2.19. The molecule has 5 rings (SSSR count). The van der Waals surface area contributed by atoms with Gasteiger partial charge in [0.25, 0.3) is 5.56 Å². The van der Waals surface area contributed by atoms with Crippen LogP contribution in [0.25, 0.3) is 26.0 Å². The molecule has 0 N–H and O–H groups in total. The Labute approximate surface area is 167 Å². The molecule has 0 radical (unpaired) electrons. The molecule has 1 aliphatic rings. The van der Waals surface area contributed by atoms with Crippen molar-refractivity contribution in [1.82, 2.24) is 9.55 Å². The molecule has 0 aliphatic carbocycles. The van der Waals surface area contributed by atoms with Crippen molar-refractivity contribution in [1.29, 1.82) is 5.26 Å². The summed E-state index contributed by atoms with van der Waals surface area (Å²) in [7, 11) is 0. The van der Waals surface area contributed by atoms with E-state index in [0.29, 0.717) is 45.8 Å². The highest BCUT2D eigenvalue weighted by Gasteiger charge is 2.19. The van der Waals surface area contributed by atoms with Gasteiger partial charge in [-0.25, -0.2) is 4.98 Å². The third-order valence-corrected chi connectivity index (χ3v) is 6.30. The molecule has 0 fully saturated rings. The Hall–Kier alpha value is -3.02. The van der Waals surface area contributed by atoms with E-state index >= 15 is 0 Å². The molecule has 0 saturated heterocycles. The van der Waals surface area contributed by atoms with Crippen molar-refractivity contribution in [3.8, 4) is 23.3 Å². The van der Waals surface area contributed by atoms with Gasteiger partial charge in [0.2, 0.25) is 0 Å². The molecule has 4 aromatic rings. The molecule has 0 saturated carbocycles. The number of hydrogen-bond donors (Lipinski definition) is 0. The molecule has 1 aliphatic heterocycles. The van der Waals surface area contributed by atoms with Gasteiger partial charge in [0.15, 0.2) is 16.7 Å². The monoisotopic (exact) mass is 407 g/mol. The van der Waals surface area contributed by atoms with Crippen LogP contribution in [0, 0.1) is 11.3 Å². The lowest BCUT2D eigenvalue weighted by Crippen LogP contribution is -2.22. The molecule has 0 amide bonds. The molecule has 2 aromatic heterocycles. The Bertz CT molecular complexity index is 1320. The summed E-state index contributed by atoms with van der Waals surface area (Å²) in [4.78, 5) is 18.9. The van der Waals surface area contributed by atoms with E-state index in [1.165, 1.54) is 23.1 Å². The van der Waals surface area contributed by atoms with Gasteiger partial charge in [-0.1, -0.05) is 30.0 Å². The summed E-state index contributed by atoms with van der Waals surface area (Å²) in [6.07, 6.45) is 0. The van der Waals surface area contributed by atoms with Crippen LogP contribution in [0.1, 0.15) is 0 Å². The maximum Gasteiger partial charge on any atom is 0.268 e. The molecule has 0 atom stereocenters. The van der Waals surface area contributed by atoms with Crippen molar-refractivity contribution in [2.24, 2.45) is 0 Å². The molecule has 0 unspecified atom stereocenters. The summed E-state index contributed by atoms with van der Waals surface area (Å²) in [5, 5.41) is 11.0. The highest BCUT2D eigenvalue weighted by Crippen LogP contribution is 2.35. The number of aromatic nitrogens is 2. The second-order valence-electron chi connectivity index (χ2n) is 6.09. The smallest absolute Gasteiger partial charge is 0.268 e. The summed E-state index contributed by atoms with van der Waals surface area (Å²) < 4.78 is 13.8. The number of nitrogens with zero attached hydrogens (tertiary/aromatic N) is 3. The molecule has 0 spiro atoms. The first-order valence-electron chi connectivity index (χ1n) is 8.60. The number of rotatable bonds is 3. The highest BCUT2D eigenvalue weighted by molar-refractivity contribution is 7.99. The van der Waals surface area contributed by atoms with E-state index in [2.05, 4.69) is 6.07 Å². The van der Waals surface area contributed by atoms with Crippen LogP contribution in [0.4, 0.5) is 0 Å². The van der Waals surface area contributed by atoms with E-state index in [1.807, 2.05) is 30.3 Å². The van der Waals surface area contributed by atoms with E-state index in [9.17, 15) is 4.79 Å². The maximum absolute atomic E-state index is 13.5. The van der Waals surface area contributed by atoms with Crippen molar-refractivity contribution in [2.75, 3.05) is 19.0 Å². The molecular formula is C20H13N3O3S2. The van der Waals surface area contributed by atoms with Gasteiger partial charge in [-0.15, -0.1) is 11.3 Å². The normalized spacial score (nSPS) is 13.0. The van der Waals surface area contributed by atoms with Crippen LogP contribution in [0.2, 0.25) is 0 Å². The predicted molar refractivity (Wildman–Crippen MR) is 110 cm³/mol. The summed E-state index contributed by atoms with van der Waals surface area (Å²) in [5.41, 5.74) is 0.485. The predicted octanol–water partition coefficient (Wildman–Crippen LogP) is 3.99. The van der Waals surface area contributed by atoms with E-state index in [-0.39, 0.29) is 11.3 Å². The van der Waals surface area contributed by atoms with Crippen LogP contribution < -0.4 is 15.0 Å². The van der Waals surface area contributed by atoms with Gasteiger partial charge in [0.1, 0.15) is 18.0 Å². The second-order valence-corrected chi connectivity index (χ2v) is 8.06. The fraction of sp³-hybridized carbons (Fsp3) is 0.150. The molecule has 0 bridgehead atoms. The van der Waals surface area contributed by atoms with Crippen LogP contribution >= 0.6 is 23.1 Å². The third-order valence-electron chi connectivity index (χ3n) is 4.43. The average Bonchev–Trinajstić information content (AvgIpc) is 3.10. The van der Waals surface area contributed by atoms with Gasteiger partial charge < -0.3 is 9.47 Å². The minimum Gasteiger partial charge on any atom is -0.486 e. The van der Waals surface area contributed by atoms with E-state index in [0.717, 1.165) is 10.1 Å². The van der Waals surface area contributed by atoms with Crippen molar-refractivity contribution < 1.29 is 9.47 Å². The number of ether oxygens (including phenoxy) is 2. The topological polar surface area (TPSA) is 77.1 Å². The SMILES string of the molecule is N#CCSc1nc2sc3ccccc3c2c(=O)n1-c1ccc2c(c1)OCCO2. The van der Waals surface area contributed by atoms with Crippen molar-refractivity contribution in [2.45, 2.75) is 5.16 Å². The molecule has 3 heterocycles. The Kier molecular flexibility index (Phi) is 4.19. The van der Waals surface area contributed by atoms with E-state index in [4.69, 9.17) is 19.7 Å². The van der Waals surface area contributed by atoms with Crippen LogP contribution in [-0.4, -0.2) is 28.5 Å². The van der Waals surface area contributed by atoms with Gasteiger partial charge in [0.05, 0.1) is 22.9 Å². The van der Waals surface area contributed by atoms with Gasteiger partial charge in [-0.2, -0.15) is 5.26 Å². The molecule has 6 nitrogen and oxygen atoms in total. The van der Waals surface area contributed by atoms with Gasteiger partial charge in [-0.3, -0.25) is 9.36 Å². The Balaban J connectivity index is 1.80. The quantitative estimate of drug-likeness (QED) is 0.378. The van der Waals surface area contributed by atoms with Gasteiger partial charge >= 0.3 is 0 Å². The largest absolute Gasteiger partial charge is 0.486 e. The molecular weight excluding hydrogens is 394 g/mol. The average molecular weight is 407 g/mol. The lowest BCUT2D eigenvalue weighted by atomic mass is 10.2. The summed E-state index contributed by atoms with van der Waals surface area (Å²) in [5.74, 6) is 1.46. The van der Waals surface area contributed by atoms with Crippen LogP contribution in [0.3, 0.4) is 0 Å². The fourth-order valence-corrected chi connectivity index (χ4v) is 5.04. The van der Waals surface area contributed by atoms with Crippen LogP contribution in [0.15, 0.2) is 52.4 Å². The zero-order valence-corrected chi connectivity index (χ0v) is 16.2.